The minimum absolute atomic E-state index is 0.0415. The SMILES string of the molecule is C=CCN1CC[C@]23CC(=O)CC[C@H]2[C@H]1Cc1ccc(OC)cc13. The number of hydrogen-bond acceptors (Lipinski definition) is 3. The van der Waals surface area contributed by atoms with Crippen LogP contribution in [0.2, 0.25) is 0 Å². The highest BCUT2D eigenvalue weighted by Gasteiger charge is 2.55. The van der Waals surface area contributed by atoms with Crippen molar-refractivity contribution in [2.24, 2.45) is 5.92 Å². The topological polar surface area (TPSA) is 29.5 Å². The average molecular weight is 311 g/mol. The molecule has 1 aliphatic heterocycles. The molecule has 0 N–H and O–H groups in total. The predicted octanol–water partition coefficient (Wildman–Crippen LogP) is 3.12. The van der Waals surface area contributed by atoms with Gasteiger partial charge in [-0.3, -0.25) is 9.69 Å². The number of carbonyl (C=O) groups is 1. The zero-order chi connectivity index (χ0) is 16.0. The molecule has 3 atom stereocenters. The molecule has 2 bridgehead atoms. The van der Waals surface area contributed by atoms with E-state index in [0.29, 0.717) is 17.7 Å². The van der Waals surface area contributed by atoms with Crippen LogP contribution in [0.3, 0.4) is 0 Å². The number of hydrogen-bond donors (Lipinski definition) is 0. The maximum Gasteiger partial charge on any atom is 0.133 e. The molecule has 0 unspecified atom stereocenters. The Morgan fingerprint density at radius 2 is 2.35 bits per heavy atom. The molecule has 0 spiro atoms. The van der Waals surface area contributed by atoms with Gasteiger partial charge in [0.2, 0.25) is 0 Å². The first kappa shape index (κ1) is 14.9. The Morgan fingerprint density at radius 1 is 1.48 bits per heavy atom. The van der Waals surface area contributed by atoms with E-state index < -0.39 is 0 Å². The number of rotatable bonds is 3. The molecule has 3 nitrogen and oxygen atoms in total. The number of nitrogens with zero attached hydrogens (tertiary/aromatic N) is 1. The van der Waals surface area contributed by atoms with Crippen LogP contribution in [-0.4, -0.2) is 36.9 Å². The Morgan fingerprint density at radius 3 is 3.13 bits per heavy atom. The Labute approximate surface area is 138 Å². The molecule has 23 heavy (non-hydrogen) atoms. The molecule has 1 heterocycles. The van der Waals surface area contributed by atoms with E-state index in [9.17, 15) is 4.79 Å². The van der Waals surface area contributed by atoms with Crippen molar-refractivity contribution >= 4 is 5.78 Å². The molecule has 3 aliphatic rings. The number of piperidine rings is 1. The van der Waals surface area contributed by atoms with Crippen LogP contribution in [0.5, 0.6) is 5.75 Å². The number of ether oxygens (including phenoxy) is 1. The molecule has 3 heteroatoms. The van der Waals surface area contributed by atoms with Crippen LogP contribution in [0.25, 0.3) is 0 Å². The minimum Gasteiger partial charge on any atom is -0.497 e. The van der Waals surface area contributed by atoms with Crippen LogP contribution in [0, 0.1) is 5.92 Å². The van der Waals surface area contributed by atoms with Gasteiger partial charge >= 0.3 is 0 Å². The molecule has 1 saturated carbocycles. The summed E-state index contributed by atoms with van der Waals surface area (Å²) >= 11 is 0. The van der Waals surface area contributed by atoms with Crippen molar-refractivity contribution in [1.82, 2.24) is 4.90 Å². The third-order valence-corrected chi connectivity index (χ3v) is 6.38. The van der Waals surface area contributed by atoms with Crippen molar-refractivity contribution in [3.63, 3.8) is 0 Å². The van der Waals surface area contributed by atoms with Gasteiger partial charge in [-0.05, 0) is 55.0 Å². The van der Waals surface area contributed by atoms with Crippen LogP contribution in [0.1, 0.15) is 36.8 Å². The standard InChI is InChI=1S/C20H25NO2/c1-3-9-21-10-8-20-13-15(22)5-7-17(20)19(21)11-14-4-6-16(23-2)12-18(14)20/h3-4,6,12,17,19H,1,5,7-11,13H2,2H3/t17-,19+,20-/m0/s1. The van der Waals surface area contributed by atoms with E-state index >= 15 is 0 Å². The molecule has 0 amide bonds. The van der Waals surface area contributed by atoms with Crippen LogP contribution >= 0.6 is 0 Å². The second-order valence-electron chi connectivity index (χ2n) is 7.34. The molecular weight excluding hydrogens is 286 g/mol. The number of benzene rings is 1. The van der Waals surface area contributed by atoms with Gasteiger partial charge in [0.25, 0.3) is 0 Å². The molecule has 0 aromatic heterocycles. The third-order valence-electron chi connectivity index (χ3n) is 6.38. The summed E-state index contributed by atoms with van der Waals surface area (Å²) in [4.78, 5) is 14.9. The number of likely N-dealkylation sites (tertiary alicyclic amines) is 1. The lowest BCUT2D eigenvalue weighted by molar-refractivity contribution is -0.127. The van der Waals surface area contributed by atoms with Gasteiger partial charge in [0, 0.05) is 30.8 Å². The van der Waals surface area contributed by atoms with Gasteiger partial charge in [0.15, 0.2) is 0 Å². The highest BCUT2D eigenvalue weighted by atomic mass is 16.5. The van der Waals surface area contributed by atoms with Gasteiger partial charge in [0.1, 0.15) is 11.5 Å². The van der Waals surface area contributed by atoms with Crippen LogP contribution < -0.4 is 4.74 Å². The molecule has 4 rings (SSSR count). The summed E-state index contributed by atoms with van der Waals surface area (Å²) in [6.45, 7) is 5.95. The second-order valence-corrected chi connectivity index (χ2v) is 7.34. The summed E-state index contributed by atoms with van der Waals surface area (Å²) in [7, 11) is 1.72. The van der Waals surface area contributed by atoms with Gasteiger partial charge in [-0.2, -0.15) is 0 Å². The quantitative estimate of drug-likeness (QED) is 0.803. The van der Waals surface area contributed by atoms with Crippen molar-refractivity contribution in [1.29, 1.82) is 0 Å². The van der Waals surface area contributed by atoms with E-state index in [1.165, 1.54) is 11.1 Å². The molecule has 1 aromatic rings. The maximum absolute atomic E-state index is 12.3. The molecule has 0 radical (unpaired) electrons. The Bertz CT molecular complexity index is 653. The van der Waals surface area contributed by atoms with Crippen LogP contribution in [-0.2, 0) is 16.6 Å². The normalized spacial score (nSPS) is 32.8. The zero-order valence-corrected chi connectivity index (χ0v) is 13.9. The Balaban J connectivity index is 1.84. The summed E-state index contributed by atoms with van der Waals surface area (Å²) in [5, 5.41) is 0. The van der Waals surface area contributed by atoms with Gasteiger partial charge in [-0.25, -0.2) is 0 Å². The lowest BCUT2D eigenvalue weighted by Crippen LogP contribution is -2.61. The van der Waals surface area contributed by atoms with E-state index in [1.54, 1.807) is 7.11 Å². The number of ketones is 1. The lowest BCUT2D eigenvalue weighted by Gasteiger charge is -2.58. The maximum atomic E-state index is 12.3. The van der Waals surface area contributed by atoms with E-state index in [-0.39, 0.29) is 5.41 Å². The fourth-order valence-corrected chi connectivity index (χ4v) is 5.40. The van der Waals surface area contributed by atoms with Crippen molar-refractivity contribution in [3.05, 3.63) is 42.0 Å². The van der Waals surface area contributed by atoms with Crippen molar-refractivity contribution < 1.29 is 9.53 Å². The van der Waals surface area contributed by atoms with Gasteiger partial charge in [-0.15, -0.1) is 6.58 Å². The number of Topliss-reactive ketones (excluding diaryl/α,β-unsaturated/α-hetero) is 1. The van der Waals surface area contributed by atoms with Gasteiger partial charge < -0.3 is 4.74 Å². The molecule has 1 saturated heterocycles. The molecule has 1 aromatic carbocycles. The lowest BCUT2D eigenvalue weighted by atomic mass is 9.52. The average Bonchev–Trinajstić information content (AvgIpc) is 2.56. The smallest absolute Gasteiger partial charge is 0.133 e. The first-order valence-electron chi connectivity index (χ1n) is 8.72. The number of carbonyl (C=O) groups excluding carboxylic acids is 1. The van der Waals surface area contributed by atoms with Crippen molar-refractivity contribution in [3.8, 4) is 5.75 Å². The highest BCUT2D eigenvalue weighted by Crippen LogP contribution is 2.55. The summed E-state index contributed by atoms with van der Waals surface area (Å²) in [5.74, 6) is 1.95. The van der Waals surface area contributed by atoms with E-state index in [4.69, 9.17) is 4.74 Å². The number of methoxy groups -OCH3 is 1. The first-order valence-corrected chi connectivity index (χ1v) is 8.72. The first-order chi connectivity index (χ1) is 11.2. The predicted molar refractivity (Wildman–Crippen MR) is 90.9 cm³/mol. The van der Waals surface area contributed by atoms with Crippen LogP contribution in [0.4, 0.5) is 0 Å². The van der Waals surface area contributed by atoms with E-state index in [0.717, 1.165) is 50.9 Å². The van der Waals surface area contributed by atoms with Crippen molar-refractivity contribution in [2.75, 3.05) is 20.2 Å². The van der Waals surface area contributed by atoms with Gasteiger partial charge in [-0.1, -0.05) is 12.1 Å². The fourth-order valence-electron chi connectivity index (χ4n) is 5.40. The summed E-state index contributed by atoms with van der Waals surface area (Å²) < 4.78 is 5.47. The summed E-state index contributed by atoms with van der Waals surface area (Å²) in [6, 6.07) is 7.04. The summed E-state index contributed by atoms with van der Waals surface area (Å²) in [5.41, 5.74) is 2.85. The monoisotopic (exact) mass is 311 g/mol. The minimum atomic E-state index is 0.0415. The molecule has 2 fully saturated rings. The molecular formula is C20H25NO2. The second kappa shape index (κ2) is 5.48. The number of fused-ring (bicyclic) bond motifs is 1. The summed E-state index contributed by atoms with van der Waals surface area (Å²) in [6.07, 6.45) is 6.69. The molecule has 122 valence electrons. The van der Waals surface area contributed by atoms with E-state index in [2.05, 4.69) is 29.7 Å². The fraction of sp³-hybridized carbons (Fsp3) is 0.550. The highest BCUT2D eigenvalue weighted by molar-refractivity contribution is 5.81. The third kappa shape index (κ3) is 2.17. The Hall–Kier alpha value is -1.61. The largest absolute Gasteiger partial charge is 0.497 e. The van der Waals surface area contributed by atoms with Crippen LogP contribution in [0.15, 0.2) is 30.9 Å². The molecule has 2 aliphatic carbocycles. The van der Waals surface area contributed by atoms with Gasteiger partial charge in [0.05, 0.1) is 7.11 Å². The van der Waals surface area contributed by atoms with Crippen molar-refractivity contribution in [2.45, 2.75) is 43.6 Å². The zero-order valence-electron chi connectivity index (χ0n) is 13.9. The Kier molecular flexibility index (Phi) is 3.56. The van der Waals surface area contributed by atoms with E-state index in [1.807, 2.05) is 6.08 Å².